The topological polar surface area (TPSA) is 78.4 Å². The number of nitrogen functional groups attached to an aromatic ring is 1. The number of ether oxygens (including phenoxy) is 2. The monoisotopic (exact) mass is 367 g/mol. The van der Waals surface area contributed by atoms with Crippen molar-refractivity contribution in [2.24, 2.45) is 0 Å². The Kier molecular flexibility index (Phi) is 4.42. The second kappa shape index (κ2) is 6.73. The van der Waals surface area contributed by atoms with E-state index in [1.165, 1.54) is 11.8 Å². The van der Waals surface area contributed by atoms with E-state index in [-0.39, 0.29) is 6.79 Å². The Morgan fingerprint density at radius 3 is 2.85 bits per heavy atom. The molecule has 3 heterocycles. The van der Waals surface area contributed by atoms with Gasteiger partial charge in [0.1, 0.15) is 13.4 Å². The van der Waals surface area contributed by atoms with Crippen LogP contribution in [0.1, 0.15) is 0 Å². The zero-order chi connectivity index (χ0) is 18.3. The third kappa shape index (κ3) is 3.08. The summed E-state index contributed by atoms with van der Waals surface area (Å²) in [5, 5.41) is 0.812. The molecule has 1 aliphatic rings. The van der Waals surface area contributed by atoms with E-state index < -0.39 is 0 Å². The lowest BCUT2D eigenvalue weighted by Gasteiger charge is -2.14. The average Bonchev–Trinajstić information content (AvgIpc) is 3.18. The lowest BCUT2D eigenvalue weighted by Crippen LogP contribution is -2.19. The van der Waals surface area contributed by atoms with Crippen molar-refractivity contribution in [3.05, 3.63) is 24.4 Å². The molecule has 1 aromatic carbocycles. The highest BCUT2D eigenvalue weighted by Crippen LogP contribution is 2.37. The zero-order valence-electron chi connectivity index (χ0n) is 14.6. The van der Waals surface area contributed by atoms with Crippen LogP contribution in [0, 0.1) is 0 Å². The van der Waals surface area contributed by atoms with Gasteiger partial charge in [0.2, 0.25) is 6.79 Å². The van der Waals surface area contributed by atoms with Gasteiger partial charge in [0, 0.05) is 24.2 Å². The molecule has 0 amide bonds. The van der Waals surface area contributed by atoms with Crippen LogP contribution in [0.25, 0.3) is 11.0 Å². The van der Waals surface area contributed by atoms with Gasteiger partial charge < -0.3 is 24.7 Å². The second-order valence-electron chi connectivity index (χ2n) is 6.26. The number of aromatic nitrogens is 3. The molecule has 26 heavy (non-hydrogen) atoms. The smallest absolute Gasteiger partial charge is 0.231 e. The number of anilines is 1. The number of rotatable bonds is 5. The van der Waals surface area contributed by atoms with Gasteiger partial charge in [-0.1, -0.05) is 17.2 Å². The maximum Gasteiger partial charge on any atom is 0.231 e. The van der Waals surface area contributed by atoms with E-state index in [1.807, 2.05) is 26.2 Å². The summed E-state index contributed by atoms with van der Waals surface area (Å²) in [4.78, 5) is 11.9. The molecule has 0 atom stereocenters. The number of nitrogens with zero attached hydrogens (tertiary/aromatic N) is 4. The third-order valence-electron chi connectivity index (χ3n) is 4.14. The molecule has 0 saturated heterocycles. The number of fused-ring (bicyclic) bond motifs is 2. The van der Waals surface area contributed by atoms with Crippen molar-refractivity contribution in [3.8, 4) is 11.5 Å². The van der Waals surface area contributed by atoms with Crippen molar-refractivity contribution in [2.45, 2.75) is 16.6 Å². The van der Waals surface area contributed by atoms with E-state index in [9.17, 15) is 0 Å². The number of imidazole rings is 1. The second-order valence-corrected chi connectivity index (χ2v) is 7.27. The quantitative estimate of drug-likeness (QED) is 0.680. The first-order chi connectivity index (χ1) is 12.5. The summed E-state index contributed by atoms with van der Waals surface area (Å²) in [6.07, 6.45) is 1.70. The fourth-order valence-corrected chi connectivity index (χ4v) is 3.75. The van der Waals surface area contributed by atoms with Crippen molar-refractivity contribution < 1.29 is 9.47 Å². The van der Waals surface area contributed by atoms with E-state index in [4.69, 9.17) is 28.0 Å². The highest BCUT2D eigenvalue weighted by molar-refractivity contribution is 7.99. The van der Waals surface area contributed by atoms with Gasteiger partial charge in [0.15, 0.2) is 22.5 Å². The summed E-state index contributed by atoms with van der Waals surface area (Å²) in [5.41, 5.74) is 8.31. The summed E-state index contributed by atoms with van der Waals surface area (Å²) >= 11 is 1.48. The van der Waals surface area contributed by atoms with E-state index in [2.05, 4.69) is 14.5 Å². The molecule has 0 bridgehead atoms. The predicted molar refractivity (Wildman–Crippen MR) is 103 cm³/mol. The third-order valence-corrected chi connectivity index (χ3v) is 5.21. The minimum absolute atomic E-state index is 0.215. The lowest BCUT2D eigenvalue weighted by atomic mass is 9.96. The van der Waals surface area contributed by atoms with Crippen LogP contribution >= 0.6 is 11.8 Å². The van der Waals surface area contributed by atoms with Gasteiger partial charge in [-0.15, -0.1) is 0 Å². The number of hydrogen-bond acceptors (Lipinski definition) is 7. The van der Waals surface area contributed by atoms with E-state index in [0.29, 0.717) is 28.3 Å². The van der Waals surface area contributed by atoms with Gasteiger partial charge in [-0.3, -0.25) is 0 Å². The zero-order valence-corrected chi connectivity index (χ0v) is 15.4. The van der Waals surface area contributed by atoms with Crippen molar-refractivity contribution >= 4 is 41.9 Å². The Hall–Kier alpha value is -2.39. The first-order valence-corrected chi connectivity index (χ1v) is 8.97. The SMILES string of the molecule is [B]c1cc2c(cc1Sc1nc3c(N)nccc3n1CCN(C)C)OCO2. The molecule has 4 rings (SSSR count). The Bertz CT molecular complexity index is 975. The molecular weight excluding hydrogens is 349 g/mol. The maximum atomic E-state index is 6.20. The van der Waals surface area contributed by atoms with Crippen molar-refractivity contribution in [3.63, 3.8) is 0 Å². The highest BCUT2D eigenvalue weighted by atomic mass is 32.2. The minimum Gasteiger partial charge on any atom is -0.454 e. The molecule has 0 aliphatic carbocycles. The van der Waals surface area contributed by atoms with E-state index in [1.54, 1.807) is 12.3 Å². The Morgan fingerprint density at radius 2 is 2.08 bits per heavy atom. The number of benzene rings is 1. The molecule has 7 nitrogen and oxygen atoms in total. The van der Waals surface area contributed by atoms with Gasteiger partial charge >= 0.3 is 0 Å². The molecule has 2 N–H and O–H groups in total. The number of pyridine rings is 1. The lowest BCUT2D eigenvalue weighted by molar-refractivity contribution is 0.174. The van der Waals surface area contributed by atoms with Crippen LogP contribution in [0.2, 0.25) is 0 Å². The standard InChI is InChI=1S/C17H18BN5O2S/c1-22(2)5-6-23-11-3-4-20-16(19)15(11)21-17(23)26-14-8-13-12(7-10(14)18)24-9-25-13/h3-4,7-8H,5-6,9H2,1-2H3,(H2,19,20). The summed E-state index contributed by atoms with van der Waals surface area (Å²) < 4.78 is 13.0. The minimum atomic E-state index is 0.215. The van der Waals surface area contributed by atoms with E-state index in [0.717, 1.165) is 28.7 Å². The van der Waals surface area contributed by atoms with Crippen LogP contribution in [0.5, 0.6) is 11.5 Å². The first-order valence-electron chi connectivity index (χ1n) is 8.15. The number of likely N-dealkylation sites (N-methyl/N-ethyl adjacent to an activating group) is 1. The molecule has 3 aromatic rings. The van der Waals surface area contributed by atoms with Gasteiger partial charge in [0.25, 0.3) is 0 Å². The Labute approximate surface area is 156 Å². The molecule has 2 radical (unpaired) electrons. The van der Waals surface area contributed by atoms with Crippen LogP contribution in [-0.2, 0) is 6.54 Å². The van der Waals surface area contributed by atoms with Crippen LogP contribution in [0.4, 0.5) is 5.82 Å². The van der Waals surface area contributed by atoms with Crippen LogP contribution in [-0.4, -0.2) is 54.7 Å². The summed E-state index contributed by atoms with van der Waals surface area (Å²) in [6.45, 7) is 1.87. The molecule has 0 saturated carbocycles. The molecule has 1 aliphatic heterocycles. The molecule has 0 fully saturated rings. The normalized spacial score (nSPS) is 13.0. The average molecular weight is 367 g/mol. The van der Waals surface area contributed by atoms with Crippen molar-refractivity contribution in [1.29, 1.82) is 0 Å². The fourth-order valence-electron chi connectivity index (χ4n) is 2.77. The van der Waals surface area contributed by atoms with Crippen LogP contribution in [0.15, 0.2) is 34.4 Å². The molecule has 0 unspecified atom stereocenters. The van der Waals surface area contributed by atoms with Gasteiger partial charge in [-0.05, 0) is 32.3 Å². The molecule has 132 valence electrons. The van der Waals surface area contributed by atoms with Crippen LogP contribution in [0.3, 0.4) is 0 Å². The summed E-state index contributed by atoms with van der Waals surface area (Å²) in [5.74, 6) is 1.78. The predicted octanol–water partition coefficient (Wildman–Crippen LogP) is 1.25. The Balaban J connectivity index is 1.76. The van der Waals surface area contributed by atoms with Gasteiger partial charge in [-0.2, -0.15) is 0 Å². The Morgan fingerprint density at radius 1 is 1.31 bits per heavy atom. The molecular formula is C17H18BN5O2S. The highest BCUT2D eigenvalue weighted by Gasteiger charge is 2.19. The number of nitrogens with two attached hydrogens (primary N) is 1. The van der Waals surface area contributed by atoms with Crippen molar-refractivity contribution in [1.82, 2.24) is 19.4 Å². The van der Waals surface area contributed by atoms with Gasteiger partial charge in [-0.25, -0.2) is 9.97 Å². The van der Waals surface area contributed by atoms with E-state index >= 15 is 0 Å². The largest absolute Gasteiger partial charge is 0.454 e. The maximum absolute atomic E-state index is 6.20. The van der Waals surface area contributed by atoms with Crippen molar-refractivity contribution in [2.75, 3.05) is 33.2 Å². The first kappa shape index (κ1) is 17.1. The van der Waals surface area contributed by atoms with Gasteiger partial charge in [0.05, 0.1) is 5.52 Å². The number of hydrogen-bond donors (Lipinski definition) is 1. The summed E-state index contributed by atoms with van der Waals surface area (Å²) in [6, 6.07) is 5.61. The molecule has 9 heteroatoms. The molecule has 2 aromatic heterocycles. The fraction of sp³-hybridized carbons (Fsp3) is 0.294. The molecule has 0 spiro atoms. The van der Waals surface area contributed by atoms with Crippen LogP contribution < -0.4 is 20.7 Å². The summed E-state index contributed by atoms with van der Waals surface area (Å²) in [7, 11) is 10.3.